The highest BCUT2D eigenvalue weighted by Crippen LogP contribution is 2.16. The second-order valence-electron chi connectivity index (χ2n) is 3.32. The predicted molar refractivity (Wildman–Crippen MR) is 50.7 cm³/mol. The molecule has 0 radical (unpaired) electrons. The van der Waals surface area contributed by atoms with Gasteiger partial charge in [-0.05, 0) is 6.92 Å². The Labute approximate surface area is 87.5 Å². The number of cyclic esters (lactones) is 1. The minimum absolute atomic E-state index is 0.0177. The van der Waals surface area contributed by atoms with Crippen LogP contribution in [0.2, 0.25) is 0 Å². The first kappa shape index (κ1) is 11.2. The van der Waals surface area contributed by atoms with Crippen molar-refractivity contribution in [2.45, 2.75) is 25.5 Å². The molecule has 1 fully saturated rings. The van der Waals surface area contributed by atoms with Crippen molar-refractivity contribution in [1.29, 1.82) is 0 Å². The van der Waals surface area contributed by atoms with Crippen molar-refractivity contribution in [3.8, 4) is 0 Å². The Hall–Kier alpha value is -1.83. The summed E-state index contributed by atoms with van der Waals surface area (Å²) in [5, 5.41) is 0. The highest BCUT2D eigenvalue weighted by Gasteiger charge is 2.36. The van der Waals surface area contributed by atoms with Crippen LogP contribution in [0.4, 0.5) is 0 Å². The molecule has 80 valence electrons. The van der Waals surface area contributed by atoms with Crippen LogP contribution in [0.3, 0.4) is 0 Å². The smallest absolute Gasteiger partial charge is 0.390 e. The van der Waals surface area contributed by atoms with Crippen LogP contribution in [0.15, 0.2) is 12.2 Å². The second kappa shape index (κ2) is 4.60. The van der Waals surface area contributed by atoms with E-state index in [0.717, 1.165) is 0 Å². The number of hydrogen-bond donors (Lipinski definition) is 0. The van der Waals surface area contributed by atoms with E-state index in [9.17, 15) is 9.59 Å². The molecular formula is C10H11NO4. The van der Waals surface area contributed by atoms with Crippen LogP contribution < -0.4 is 0 Å². The van der Waals surface area contributed by atoms with E-state index in [1.807, 2.05) is 0 Å². The number of rotatable bonds is 2. The van der Waals surface area contributed by atoms with E-state index < -0.39 is 24.1 Å². The summed E-state index contributed by atoms with van der Waals surface area (Å²) < 4.78 is 9.69. The normalized spacial score (nSPS) is 24.9. The summed E-state index contributed by atoms with van der Waals surface area (Å²) in [6, 6.07) is -0.860. The largest absolute Gasteiger partial charge is 0.456 e. The second-order valence-corrected chi connectivity index (χ2v) is 3.32. The van der Waals surface area contributed by atoms with Gasteiger partial charge in [0.05, 0.1) is 6.42 Å². The van der Waals surface area contributed by atoms with Crippen molar-refractivity contribution in [3.63, 3.8) is 0 Å². The maximum Gasteiger partial charge on any atom is 0.390 e. The minimum atomic E-state index is -0.860. The molecule has 0 aromatic carbocycles. The summed E-state index contributed by atoms with van der Waals surface area (Å²) in [7, 11) is 0. The lowest BCUT2D eigenvalue weighted by molar-refractivity contribution is -0.164. The average Bonchev–Trinajstić information content (AvgIpc) is 2.20. The minimum Gasteiger partial charge on any atom is -0.456 e. The Balaban J connectivity index is 2.53. The first-order valence-corrected chi connectivity index (χ1v) is 4.44. The molecule has 0 aromatic rings. The van der Waals surface area contributed by atoms with Gasteiger partial charge < -0.3 is 14.3 Å². The third-order valence-electron chi connectivity index (χ3n) is 1.95. The van der Waals surface area contributed by atoms with Gasteiger partial charge in [-0.1, -0.05) is 6.58 Å². The fraction of sp³-hybridized carbons (Fsp3) is 0.500. The zero-order chi connectivity index (χ0) is 11.4. The van der Waals surface area contributed by atoms with Crippen LogP contribution in [-0.4, -0.2) is 30.7 Å². The van der Waals surface area contributed by atoms with Gasteiger partial charge in [0.1, 0.15) is 12.7 Å². The lowest BCUT2D eigenvalue weighted by Gasteiger charge is -2.22. The molecule has 0 N–H and O–H groups in total. The summed E-state index contributed by atoms with van der Waals surface area (Å²) >= 11 is 0. The van der Waals surface area contributed by atoms with E-state index in [1.54, 1.807) is 0 Å². The Bertz CT molecular complexity index is 342. The fourth-order valence-corrected chi connectivity index (χ4v) is 1.12. The molecule has 2 unspecified atom stereocenters. The third kappa shape index (κ3) is 2.81. The molecule has 1 aliphatic rings. The maximum atomic E-state index is 11.1. The molecule has 1 saturated heterocycles. The molecule has 0 aromatic heterocycles. The van der Waals surface area contributed by atoms with Gasteiger partial charge in [0.15, 0.2) is 0 Å². The van der Waals surface area contributed by atoms with Gasteiger partial charge in [-0.25, -0.2) is 16.2 Å². The molecule has 1 aliphatic heterocycles. The van der Waals surface area contributed by atoms with Crippen LogP contribution in [-0.2, 0) is 19.1 Å². The molecule has 5 nitrogen and oxygen atoms in total. The van der Waals surface area contributed by atoms with E-state index in [4.69, 9.17) is 16.0 Å². The highest BCUT2D eigenvalue weighted by molar-refractivity contribution is 5.87. The molecule has 5 heteroatoms. The van der Waals surface area contributed by atoms with Gasteiger partial charge in [-0.3, -0.25) is 0 Å². The van der Waals surface area contributed by atoms with Crippen molar-refractivity contribution in [2.75, 3.05) is 6.61 Å². The van der Waals surface area contributed by atoms with Gasteiger partial charge in [0.25, 0.3) is 0 Å². The van der Waals surface area contributed by atoms with Crippen molar-refractivity contribution < 1.29 is 19.1 Å². The number of hydrogen-bond acceptors (Lipinski definition) is 4. The Morgan fingerprint density at radius 3 is 2.93 bits per heavy atom. The van der Waals surface area contributed by atoms with Gasteiger partial charge in [0, 0.05) is 5.57 Å². The molecule has 0 bridgehead atoms. The van der Waals surface area contributed by atoms with Gasteiger partial charge in [-0.15, -0.1) is 0 Å². The number of carbonyl (C=O) groups is 2. The van der Waals surface area contributed by atoms with E-state index >= 15 is 0 Å². The van der Waals surface area contributed by atoms with E-state index in [-0.39, 0.29) is 18.6 Å². The Kier molecular flexibility index (Phi) is 3.45. The van der Waals surface area contributed by atoms with Gasteiger partial charge in [0.2, 0.25) is 0 Å². The molecule has 1 heterocycles. The standard InChI is InChI=1S/C10H11NO4/c1-6(2)9(12)15-7-4-8(11-3)10(13)14-5-7/h7-8H,1,4-5H2,2H3. The zero-order valence-corrected chi connectivity index (χ0v) is 8.36. The molecule has 1 rings (SSSR count). The van der Waals surface area contributed by atoms with E-state index in [0.29, 0.717) is 0 Å². The van der Waals surface area contributed by atoms with Crippen LogP contribution in [0.25, 0.3) is 4.85 Å². The molecule has 2 atom stereocenters. The number of ether oxygens (including phenoxy) is 2. The highest BCUT2D eigenvalue weighted by atomic mass is 16.6. The van der Waals surface area contributed by atoms with Crippen molar-refractivity contribution in [3.05, 3.63) is 23.6 Å². The van der Waals surface area contributed by atoms with Crippen LogP contribution in [0.1, 0.15) is 13.3 Å². The first-order chi connectivity index (χ1) is 7.04. The summed E-state index contributed by atoms with van der Waals surface area (Å²) in [4.78, 5) is 25.2. The molecule has 0 aliphatic carbocycles. The Morgan fingerprint density at radius 1 is 1.73 bits per heavy atom. The van der Waals surface area contributed by atoms with Crippen LogP contribution in [0, 0.1) is 6.57 Å². The topological polar surface area (TPSA) is 57.0 Å². The quantitative estimate of drug-likeness (QED) is 0.382. The summed E-state index contributed by atoms with van der Waals surface area (Å²) in [6.45, 7) is 11.7. The molecular weight excluding hydrogens is 198 g/mol. The lowest BCUT2D eigenvalue weighted by Crippen LogP contribution is -2.38. The SMILES string of the molecule is [C-]#[N+]C1CC(OC(=O)C(=C)C)COC1=O. The predicted octanol–water partition coefficient (Wildman–Crippen LogP) is 0.709. The van der Waals surface area contributed by atoms with E-state index in [2.05, 4.69) is 11.4 Å². The third-order valence-corrected chi connectivity index (χ3v) is 1.95. The molecule has 15 heavy (non-hydrogen) atoms. The lowest BCUT2D eigenvalue weighted by atomic mass is 10.1. The van der Waals surface area contributed by atoms with Gasteiger partial charge in [-0.2, -0.15) is 0 Å². The summed E-state index contributed by atoms with van der Waals surface area (Å²) in [5.41, 5.74) is 0.284. The first-order valence-electron chi connectivity index (χ1n) is 4.44. The van der Waals surface area contributed by atoms with Crippen molar-refractivity contribution in [2.24, 2.45) is 0 Å². The van der Waals surface area contributed by atoms with Crippen LogP contribution >= 0.6 is 0 Å². The summed E-state index contributed by atoms with van der Waals surface area (Å²) in [6.07, 6.45) is -0.340. The van der Waals surface area contributed by atoms with Crippen LogP contribution in [0.5, 0.6) is 0 Å². The van der Waals surface area contributed by atoms with Gasteiger partial charge >= 0.3 is 18.0 Å². The monoisotopic (exact) mass is 209 g/mol. The number of esters is 2. The maximum absolute atomic E-state index is 11.1. The fourth-order valence-electron chi connectivity index (χ4n) is 1.12. The Morgan fingerprint density at radius 2 is 2.40 bits per heavy atom. The summed E-state index contributed by atoms with van der Waals surface area (Å²) in [5.74, 6) is -1.07. The average molecular weight is 209 g/mol. The molecule has 0 spiro atoms. The molecule has 0 saturated carbocycles. The number of nitrogens with zero attached hydrogens (tertiary/aromatic N) is 1. The number of carbonyl (C=O) groups excluding carboxylic acids is 2. The zero-order valence-electron chi connectivity index (χ0n) is 8.36. The van der Waals surface area contributed by atoms with Crippen molar-refractivity contribution >= 4 is 11.9 Å². The van der Waals surface area contributed by atoms with Crippen molar-refractivity contribution in [1.82, 2.24) is 0 Å². The van der Waals surface area contributed by atoms with E-state index in [1.165, 1.54) is 6.92 Å². The molecule has 0 amide bonds.